The molecule has 1 aromatic heterocycles. The van der Waals surface area contributed by atoms with Gasteiger partial charge in [-0.1, -0.05) is 103 Å². The Bertz CT molecular complexity index is 1590. The van der Waals surface area contributed by atoms with E-state index in [1.807, 2.05) is 18.2 Å². The minimum Gasteiger partial charge on any atom is -0.245 e. The van der Waals surface area contributed by atoms with Crippen LogP contribution in [0, 0.1) is 6.92 Å². The van der Waals surface area contributed by atoms with Gasteiger partial charge in [0.25, 0.3) is 0 Å². The SMILES string of the molecule is Cc1ccc2nc(NN=C3C=C(c4ccccc4)CC(c4ccccc4)C3)nc(-c3ccccc3)c2c1. The van der Waals surface area contributed by atoms with Crippen molar-refractivity contribution in [2.24, 2.45) is 5.10 Å². The van der Waals surface area contributed by atoms with Crippen molar-refractivity contribution in [3.63, 3.8) is 0 Å². The molecule has 1 aliphatic rings. The highest BCUT2D eigenvalue weighted by Crippen LogP contribution is 2.36. The normalized spacial score (nSPS) is 16.5. The lowest BCUT2D eigenvalue weighted by molar-refractivity contribution is 0.731. The van der Waals surface area contributed by atoms with E-state index in [0.717, 1.165) is 40.7 Å². The largest absolute Gasteiger partial charge is 0.245 e. The first-order valence-corrected chi connectivity index (χ1v) is 12.7. The first kappa shape index (κ1) is 22.9. The summed E-state index contributed by atoms with van der Waals surface area (Å²) < 4.78 is 0. The molecule has 4 nitrogen and oxygen atoms in total. The van der Waals surface area contributed by atoms with Crippen molar-refractivity contribution in [2.45, 2.75) is 25.7 Å². The minimum atomic E-state index is 0.363. The standard InChI is InChI=1S/C33H28N4/c1-23-17-18-31-30(19-23)32(26-15-9-4-10-16-26)35-33(34-31)37-36-29-21-27(24-11-5-2-6-12-24)20-28(22-29)25-13-7-3-8-14-25/h2-19,21,28H,20,22H2,1H3,(H,34,35,37). The van der Waals surface area contributed by atoms with Gasteiger partial charge >= 0.3 is 0 Å². The molecule has 0 spiro atoms. The molecular weight excluding hydrogens is 452 g/mol. The fraction of sp³-hybridized carbons (Fsp3) is 0.121. The summed E-state index contributed by atoms with van der Waals surface area (Å²) in [5.41, 5.74) is 12.1. The molecule has 1 aliphatic carbocycles. The summed E-state index contributed by atoms with van der Waals surface area (Å²) in [6, 6.07) is 37.8. The van der Waals surface area contributed by atoms with Crippen LogP contribution < -0.4 is 5.43 Å². The monoisotopic (exact) mass is 480 g/mol. The third-order valence-electron chi connectivity index (χ3n) is 6.88. The predicted octanol–water partition coefficient (Wildman–Crippen LogP) is 8.03. The lowest BCUT2D eigenvalue weighted by Crippen LogP contribution is -2.14. The van der Waals surface area contributed by atoms with Gasteiger partial charge in [0.2, 0.25) is 5.95 Å². The molecule has 0 fully saturated rings. The zero-order valence-corrected chi connectivity index (χ0v) is 20.8. The van der Waals surface area contributed by atoms with Gasteiger partial charge in [0.05, 0.1) is 16.9 Å². The zero-order chi connectivity index (χ0) is 25.0. The van der Waals surface area contributed by atoms with Gasteiger partial charge in [0.1, 0.15) is 0 Å². The molecule has 1 heterocycles. The smallest absolute Gasteiger partial charge is 0.244 e. The van der Waals surface area contributed by atoms with E-state index in [2.05, 4.69) is 109 Å². The van der Waals surface area contributed by atoms with Crippen molar-refractivity contribution >= 4 is 28.1 Å². The fourth-order valence-electron chi connectivity index (χ4n) is 5.03. The van der Waals surface area contributed by atoms with Crippen molar-refractivity contribution in [2.75, 3.05) is 5.43 Å². The van der Waals surface area contributed by atoms with Crippen LogP contribution in [0.25, 0.3) is 27.7 Å². The minimum absolute atomic E-state index is 0.363. The molecule has 1 unspecified atom stereocenters. The average Bonchev–Trinajstić information content (AvgIpc) is 2.97. The molecule has 1 atom stereocenters. The molecule has 0 amide bonds. The molecule has 0 saturated carbocycles. The Kier molecular flexibility index (Phi) is 6.30. The maximum Gasteiger partial charge on any atom is 0.244 e. The highest BCUT2D eigenvalue weighted by Gasteiger charge is 2.22. The molecule has 5 aromatic rings. The molecular formula is C33H28N4. The number of anilines is 1. The van der Waals surface area contributed by atoms with E-state index < -0.39 is 0 Å². The number of hydrogen-bond acceptors (Lipinski definition) is 4. The van der Waals surface area contributed by atoms with Crippen LogP contribution in [-0.4, -0.2) is 15.7 Å². The van der Waals surface area contributed by atoms with Crippen molar-refractivity contribution in [1.82, 2.24) is 9.97 Å². The number of nitrogens with one attached hydrogen (secondary N) is 1. The Morgan fingerprint density at radius 2 is 1.41 bits per heavy atom. The van der Waals surface area contributed by atoms with Crippen LogP contribution in [0.15, 0.2) is 120 Å². The van der Waals surface area contributed by atoms with Gasteiger partial charge < -0.3 is 0 Å². The zero-order valence-electron chi connectivity index (χ0n) is 20.8. The van der Waals surface area contributed by atoms with Crippen molar-refractivity contribution < 1.29 is 0 Å². The van der Waals surface area contributed by atoms with E-state index >= 15 is 0 Å². The van der Waals surface area contributed by atoms with Crippen LogP contribution in [0.5, 0.6) is 0 Å². The van der Waals surface area contributed by atoms with Gasteiger partial charge in [0.15, 0.2) is 0 Å². The van der Waals surface area contributed by atoms with Crippen LogP contribution in [0.2, 0.25) is 0 Å². The van der Waals surface area contributed by atoms with Gasteiger partial charge in [-0.05, 0) is 60.6 Å². The number of allylic oxidation sites excluding steroid dienone is 2. The van der Waals surface area contributed by atoms with Gasteiger partial charge in [-0.25, -0.2) is 15.4 Å². The highest BCUT2D eigenvalue weighted by atomic mass is 15.4. The molecule has 0 radical (unpaired) electrons. The average molecular weight is 481 g/mol. The number of benzene rings is 4. The summed E-state index contributed by atoms with van der Waals surface area (Å²) in [5, 5.41) is 5.87. The van der Waals surface area contributed by atoms with Crippen molar-refractivity contribution in [3.05, 3.63) is 132 Å². The van der Waals surface area contributed by atoms with Crippen molar-refractivity contribution in [1.29, 1.82) is 0 Å². The van der Waals surface area contributed by atoms with Crippen LogP contribution in [-0.2, 0) is 0 Å². The Morgan fingerprint density at radius 1 is 0.730 bits per heavy atom. The second kappa shape index (κ2) is 10.2. The first-order chi connectivity index (χ1) is 18.2. The summed E-state index contributed by atoms with van der Waals surface area (Å²) >= 11 is 0. The summed E-state index contributed by atoms with van der Waals surface area (Å²) in [6.07, 6.45) is 4.05. The first-order valence-electron chi connectivity index (χ1n) is 12.7. The molecule has 37 heavy (non-hydrogen) atoms. The third-order valence-corrected chi connectivity index (χ3v) is 6.88. The second-order valence-electron chi connectivity index (χ2n) is 9.55. The fourth-order valence-corrected chi connectivity index (χ4v) is 5.03. The van der Waals surface area contributed by atoms with E-state index in [1.165, 1.54) is 22.3 Å². The second-order valence-corrected chi connectivity index (χ2v) is 9.55. The summed E-state index contributed by atoms with van der Waals surface area (Å²) in [4.78, 5) is 9.69. The molecule has 0 bridgehead atoms. The van der Waals surface area contributed by atoms with Crippen LogP contribution in [0.3, 0.4) is 0 Å². The van der Waals surface area contributed by atoms with E-state index in [0.29, 0.717) is 11.9 Å². The number of aryl methyl sites for hydroxylation is 1. The predicted molar refractivity (Wildman–Crippen MR) is 154 cm³/mol. The van der Waals surface area contributed by atoms with Gasteiger partial charge in [-0.15, -0.1) is 0 Å². The summed E-state index contributed by atoms with van der Waals surface area (Å²) in [5.74, 6) is 0.863. The Morgan fingerprint density at radius 3 is 2.14 bits per heavy atom. The molecule has 180 valence electrons. The molecule has 4 aromatic carbocycles. The maximum atomic E-state index is 4.90. The number of aromatic nitrogens is 2. The highest BCUT2D eigenvalue weighted by molar-refractivity contribution is 6.03. The van der Waals surface area contributed by atoms with Gasteiger partial charge in [0, 0.05) is 10.9 Å². The third kappa shape index (κ3) is 5.05. The van der Waals surface area contributed by atoms with Crippen molar-refractivity contribution in [3.8, 4) is 11.3 Å². The van der Waals surface area contributed by atoms with E-state index in [1.54, 1.807) is 0 Å². The molecule has 6 rings (SSSR count). The Hall–Kier alpha value is -4.57. The van der Waals surface area contributed by atoms with E-state index in [-0.39, 0.29) is 0 Å². The molecule has 1 N–H and O–H groups in total. The number of rotatable bonds is 5. The Balaban J connectivity index is 1.38. The summed E-state index contributed by atoms with van der Waals surface area (Å²) in [6.45, 7) is 2.09. The van der Waals surface area contributed by atoms with Crippen LogP contribution in [0.1, 0.15) is 35.4 Å². The molecule has 0 aliphatic heterocycles. The molecule has 0 saturated heterocycles. The van der Waals surface area contributed by atoms with Crippen LogP contribution >= 0.6 is 0 Å². The topological polar surface area (TPSA) is 50.2 Å². The summed E-state index contributed by atoms with van der Waals surface area (Å²) in [7, 11) is 0. The molecule has 4 heteroatoms. The quantitative estimate of drug-likeness (QED) is 0.259. The maximum absolute atomic E-state index is 4.90. The van der Waals surface area contributed by atoms with Gasteiger partial charge in [-0.2, -0.15) is 5.10 Å². The van der Waals surface area contributed by atoms with Gasteiger partial charge in [-0.3, -0.25) is 0 Å². The van der Waals surface area contributed by atoms with E-state index in [9.17, 15) is 0 Å². The number of fused-ring (bicyclic) bond motifs is 1. The Labute approximate surface area is 217 Å². The lowest BCUT2D eigenvalue weighted by atomic mass is 9.81. The lowest BCUT2D eigenvalue weighted by Gasteiger charge is -2.24. The van der Waals surface area contributed by atoms with Crippen LogP contribution in [0.4, 0.5) is 5.95 Å². The number of nitrogens with zero attached hydrogens (tertiary/aromatic N) is 3. The number of hydrogen-bond donors (Lipinski definition) is 1. The van der Waals surface area contributed by atoms with E-state index in [4.69, 9.17) is 15.1 Å². The number of hydrazone groups is 1.